The minimum atomic E-state index is 0.520. The van der Waals surface area contributed by atoms with Crippen LogP contribution in [0.2, 0.25) is 0 Å². The summed E-state index contributed by atoms with van der Waals surface area (Å²) in [5.74, 6) is 0.706. The maximum Gasteiger partial charge on any atom is 0.137 e. The molecule has 0 aliphatic carbocycles. The topological polar surface area (TPSA) is 44.0 Å². The van der Waals surface area contributed by atoms with Gasteiger partial charge < -0.3 is 15.2 Å². The van der Waals surface area contributed by atoms with Gasteiger partial charge in [-0.15, -0.1) is 0 Å². The predicted octanol–water partition coefficient (Wildman–Crippen LogP) is 2.63. The van der Waals surface area contributed by atoms with E-state index >= 15 is 0 Å². The number of hydrogen-bond donors (Lipinski definition) is 2. The number of nitrogens with zero attached hydrogens (tertiary/aromatic N) is 2. The summed E-state index contributed by atoms with van der Waals surface area (Å²) in [4.78, 5) is 9.81. The van der Waals surface area contributed by atoms with Gasteiger partial charge in [-0.2, -0.15) is 0 Å². The van der Waals surface area contributed by atoms with Crippen LogP contribution in [0.5, 0.6) is 0 Å². The van der Waals surface area contributed by atoms with E-state index in [2.05, 4.69) is 60.4 Å². The van der Waals surface area contributed by atoms with E-state index in [1.807, 2.05) is 12.3 Å². The number of hydrogen-bond acceptors (Lipinski definition) is 3. The Kier molecular flexibility index (Phi) is 5.15. The average molecular weight is 274 g/mol. The maximum atomic E-state index is 4.33. The second kappa shape index (κ2) is 6.86. The van der Waals surface area contributed by atoms with Crippen molar-refractivity contribution in [3.63, 3.8) is 0 Å². The van der Waals surface area contributed by atoms with E-state index in [4.69, 9.17) is 0 Å². The number of rotatable bonds is 7. The zero-order valence-electron chi connectivity index (χ0n) is 13.0. The molecule has 0 spiro atoms. The van der Waals surface area contributed by atoms with Crippen molar-refractivity contribution in [3.05, 3.63) is 30.1 Å². The van der Waals surface area contributed by atoms with Gasteiger partial charge in [0.1, 0.15) is 5.65 Å². The number of aromatic amines is 1. The van der Waals surface area contributed by atoms with Gasteiger partial charge in [-0.3, -0.25) is 0 Å². The lowest BCUT2D eigenvalue weighted by molar-refractivity contribution is 0.305. The molecule has 0 saturated carbocycles. The number of likely N-dealkylation sites (N-methyl/N-ethyl adjacent to an activating group) is 1. The Morgan fingerprint density at radius 1 is 1.35 bits per heavy atom. The van der Waals surface area contributed by atoms with E-state index in [1.54, 1.807) is 0 Å². The lowest BCUT2D eigenvalue weighted by Gasteiger charge is -2.24. The molecule has 110 valence electrons. The standard InChI is InChI=1S/C16H26N4/c1-12(2)8-14(11-20(3)4)18-9-13-10-19-16-15(13)6-5-7-17-16/h5-7,10,12,14,18H,8-9,11H2,1-4H3,(H,17,19). The molecule has 2 aromatic heterocycles. The van der Waals surface area contributed by atoms with Crippen molar-refractivity contribution in [2.24, 2.45) is 5.92 Å². The molecular formula is C16H26N4. The predicted molar refractivity (Wildman–Crippen MR) is 84.7 cm³/mol. The molecule has 20 heavy (non-hydrogen) atoms. The minimum absolute atomic E-state index is 0.520. The van der Waals surface area contributed by atoms with Crippen molar-refractivity contribution in [2.45, 2.75) is 32.9 Å². The van der Waals surface area contributed by atoms with E-state index in [0.717, 1.165) is 18.7 Å². The summed E-state index contributed by atoms with van der Waals surface area (Å²) < 4.78 is 0. The van der Waals surface area contributed by atoms with Crippen LogP contribution < -0.4 is 5.32 Å². The van der Waals surface area contributed by atoms with Crippen molar-refractivity contribution >= 4 is 11.0 Å². The molecule has 0 radical (unpaired) electrons. The van der Waals surface area contributed by atoms with Crippen LogP contribution in [0.15, 0.2) is 24.5 Å². The third-order valence-electron chi connectivity index (χ3n) is 3.46. The second-order valence-corrected chi connectivity index (χ2v) is 6.18. The molecule has 0 saturated heterocycles. The van der Waals surface area contributed by atoms with Gasteiger partial charge in [0.05, 0.1) is 0 Å². The lowest BCUT2D eigenvalue weighted by Crippen LogP contribution is -2.38. The molecule has 1 atom stereocenters. The van der Waals surface area contributed by atoms with Crippen molar-refractivity contribution in [3.8, 4) is 0 Å². The highest BCUT2D eigenvalue weighted by Crippen LogP contribution is 2.16. The third kappa shape index (κ3) is 4.05. The lowest BCUT2D eigenvalue weighted by atomic mass is 10.0. The second-order valence-electron chi connectivity index (χ2n) is 6.18. The zero-order valence-corrected chi connectivity index (χ0v) is 13.0. The summed E-state index contributed by atoms with van der Waals surface area (Å²) in [5.41, 5.74) is 2.26. The highest BCUT2D eigenvalue weighted by molar-refractivity contribution is 5.79. The van der Waals surface area contributed by atoms with Gasteiger partial charge in [0.2, 0.25) is 0 Å². The van der Waals surface area contributed by atoms with Crippen LogP contribution in [-0.4, -0.2) is 41.5 Å². The molecule has 2 N–H and O–H groups in total. The largest absolute Gasteiger partial charge is 0.346 e. The van der Waals surface area contributed by atoms with Crippen molar-refractivity contribution < 1.29 is 0 Å². The first kappa shape index (κ1) is 15.0. The van der Waals surface area contributed by atoms with Gasteiger partial charge in [-0.05, 0) is 44.1 Å². The Morgan fingerprint density at radius 2 is 2.15 bits per heavy atom. The van der Waals surface area contributed by atoms with Gasteiger partial charge >= 0.3 is 0 Å². The minimum Gasteiger partial charge on any atom is -0.346 e. The first-order valence-corrected chi connectivity index (χ1v) is 7.35. The van der Waals surface area contributed by atoms with E-state index in [9.17, 15) is 0 Å². The third-order valence-corrected chi connectivity index (χ3v) is 3.46. The molecule has 2 aromatic rings. The molecule has 4 heteroatoms. The number of H-pyrrole nitrogens is 1. The monoisotopic (exact) mass is 274 g/mol. The summed E-state index contributed by atoms with van der Waals surface area (Å²) >= 11 is 0. The Morgan fingerprint density at radius 3 is 2.85 bits per heavy atom. The molecule has 0 bridgehead atoms. The highest BCUT2D eigenvalue weighted by Gasteiger charge is 2.12. The smallest absolute Gasteiger partial charge is 0.137 e. The molecule has 2 rings (SSSR count). The Bertz CT molecular complexity index is 520. The first-order chi connectivity index (χ1) is 9.56. The maximum absolute atomic E-state index is 4.33. The first-order valence-electron chi connectivity index (χ1n) is 7.35. The van der Waals surface area contributed by atoms with Crippen LogP contribution in [0, 0.1) is 5.92 Å². The Balaban J connectivity index is 2.01. The van der Waals surface area contributed by atoms with Gasteiger partial charge in [0.25, 0.3) is 0 Å². The summed E-state index contributed by atoms with van der Waals surface area (Å²) in [6.45, 7) is 6.51. The highest BCUT2D eigenvalue weighted by atomic mass is 15.1. The quantitative estimate of drug-likeness (QED) is 0.816. The van der Waals surface area contributed by atoms with Crippen LogP contribution in [0.1, 0.15) is 25.8 Å². The molecule has 0 aromatic carbocycles. The molecule has 1 unspecified atom stereocenters. The summed E-state index contributed by atoms with van der Waals surface area (Å²) in [7, 11) is 4.26. The number of aromatic nitrogens is 2. The van der Waals surface area contributed by atoms with Crippen LogP contribution in [0.4, 0.5) is 0 Å². The zero-order chi connectivity index (χ0) is 14.5. The fourth-order valence-electron chi connectivity index (χ4n) is 2.65. The van der Waals surface area contributed by atoms with E-state index < -0.39 is 0 Å². The van der Waals surface area contributed by atoms with E-state index in [0.29, 0.717) is 12.0 Å². The Labute approximate surface area is 121 Å². The summed E-state index contributed by atoms with van der Waals surface area (Å²) in [5, 5.41) is 4.90. The van der Waals surface area contributed by atoms with E-state index in [1.165, 1.54) is 17.4 Å². The van der Waals surface area contributed by atoms with Crippen LogP contribution in [0.3, 0.4) is 0 Å². The van der Waals surface area contributed by atoms with Crippen LogP contribution in [-0.2, 0) is 6.54 Å². The van der Waals surface area contributed by atoms with Gasteiger partial charge in [-0.1, -0.05) is 13.8 Å². The molecule has 4 nitrogen and oxygen atoms in total. The van der Waals surface area contributed by atoms with Crippen molar-refractivity contribution in [1.29, 1.82) is 0 Å². The molecule has 0 aliphatic heterocycles. The van der Waals surface area contributed by atoms with Gasteiger partial charge in [0, 0.05) is 36.9 Å². The number of nitrogens with one attached hydrogen (secondary N) is 2. The van der Waals surface area contributed by atoms with Gasteiger partial charge in [-0.25, -0.2) is 4.98 Å². The molecular weight excluding hydrogens is 248 g/mol. The number of fused-ring (bicyclic) bond motifs is 1. The normalized spacial score (nSPS) is 13.5. The Hall–Kier alpha value is -1.39. The van der Waals surface area contributed by atoms with Gasteiger partial charge in [0.15, 0.2) is 0 Å². The van der Waals surface area contributed by atoms with Crippen molar-refractivity contribution in [1.82, 2.24) is 20.2 Å². The molecule has 0 amide bonds. The molecule has 0 aliphatic rings. The van der Waals surface area contributed by atoms with E-state index in [-0.39, 0.29) is 0 Å². The van der Waals surface area contributed by atoms with Crippen molar-refractivity contribution in [2.75, 3.05) is 20.6 Å². The fraction of sp³-hybridized carbons (Fsp3) is 0.562. The molecule has 0 fully saturated rings. The number of pyridine rings is 1. The summed E-state index contributed by atoms with van der Waals surface area (Å²) in [6, 6.07) is 4.64. The molecule has 2 heterocycles. The van der Waals surface area contributed by atoms with Crippen LogP contribution in [0.25, 0.3) is 11.0 Å². The fourth-order valence-corrected chi connectivity index (χ4v) is 2.65. The van der Waals surface area contributed by atoms with Crippen LogP contribution >= 0.6 is 0 Å². The average Bonchev–Trinajstić information content (AvgIpc) is 2.78. The summed E-state index contributed by atoms with van der Waals surface area (Å²) in [6.07, 6.45) is 5.08. The SMILES string of the molecule is CC(C)CC(CN(C)C)NCc1c[nH]c2ncccc12.